The normalized spacial score (nSPS) is 12.0. The quantitative estimate of drug-likeness (QED) is 0.689. The molecular formula is C20H21FN4OS. The number of nitrogens with one attached hydrogen (secondary N) is 1. The third-order valence-corrected chi connectivity index (χ3v) is 4.98. The van der Waals surface area contributed by atoms with Crippen LogP contribution in [0.4, 0.5) is 4.39 Å². The summed E-state index contributed by atoms with van der Waals surface area (Å²) in [5.74, 6) is 0.287. The summed E-state index contributed by atoms with van der Waals surface area (Å²) in [6.07, 6.45) is 4.98. The Balaban J connectivity index is 1.98. The summed E-state index contributed by atoms with van der Waals surface area (Å²) in [5.41, 5.74) is 1.28. The molecule has 1 amide bonds. The molecule has 5 nitrogen and oxygen atoms in total. The molecule has 3 aromatic rings. The van der Waals surface area contributed by atoms with Gasteiger partial charge in [-0.3, -0.25) is 9.20 Å². The zero-order valence-electron chi connectivity index (χ0n) is 15.7. The van der Waals surface area contributed by atoms with Crippen LogP contribution >= 0.6 is 11.8 Å². The van der Waals surface area contributed by atoms with Crippen LogP contribution in [0.5, 0.6) is 0 Å². The van der Waals surface area contributed by atoms with Crippen molar-refractivity contribution in [2.24, 2.45) is 0 Å². The van der Waals surface area contributed by atoms with Crippen LogP contribution in [-0.4, -0.2) is 27.6 Å². The summed E-state index contributed by atoms with van der Waals surface area (Å²) in [6.45, 7) is 6.26. The minimum atomic E-state index is -0.347. The second-order valence-electron chi connectivity index (χ2n) is 7.10. The van der Waals surface area contributed by atoms with E-state index < -0.39 is 0 Å². The molecule has 0 aliphatic heterocycles. The highest BCUT2D eigenvalue weighted by atomic mass is 32.2. The second-order valence-corrected chi connectivity index (χ2v) is 8.21. The van der Waals surface area contributed by atoms with Crippen LogP contribution < -0.4 is 5.32 Å². The van der Waals surface area contributed by atoms with E-state index in [4.69, 9.17) is 0 Å². The minimum Gasteiger partial charge on any atom is -0.356 e. The molecule has 0 unspecified atom stereocenters. The standard InChI is InChI=1S/C20H21FN4OS/c1-20(2,3)19-24-23-17-9-7-15(12-25(17)19)27-16-8-6-14(21)11-13(16)5-10-18(26)22-4/h5-12H,1-4H3,(H,22,26)/b10-5+. The molecule has 0 radical (unpaired) electrons. The van der Waals surface area contributed by atoms with Crippen LogP contribution in [0.25, 0.3) is 11.7 Å². The maximum atomic E-state index is 13.7. The number of likely N-dealkylation sites (N-methyl/N-ethyl adjacent to an activating group) is 1. The SMILES string of the molecule is CNC(=O)/C=C/c1cc(F)ccc1Sc1ccc2nnc(C(C)(C)C)n2c1. The summed E-state index contributed by atoms with van der Waals surface area (Å²) in [5, 5.41) is 11.0. The molecule has 3 rings (SSSR count). The highest BCUT2D eigenvalue weighted by molar-refractivity contribution is 7.99. The van der Waals surface area contributed by atoms with Gasteiger partial charge in [-0.2, -0.15) is 0 Å². The number of nitrogens with zero attached hydrogens (tertiary/aromatic N) is 3. The molecule has 0 saturated carbocycles. The number of rotatable bonds is 4. The van der Waals surface area contributed by atoms with Gasteiger partial charge in [0.2, 0.25) is 5.91 Å². The first kappa shape index (κ1) is 19.1. The number of halogens is 1. The molecule has 7 heteroatoms. The van der Waals surface area contributed by atoms with Crippen LogP contribution in [0.3, 0.4) is 0 Å². The Labute approximate surface area is 161 Å². The van der Waals surface area contributed by atoms with E-state index in [-0.39, 0.29) is 17.1 Å². The van der Waals surface area contributed by atoms with E-state index in [9.17, 15) is 9.18 Å². The maximum absolute atomic E-state index is 13.7. The highest BCUT2D eigenvalue weighted by Gasteiger charge is 2.21. The van der Waals surface area contributed by atoms with Gasteiger partial charge in [-0.25, -0.2) is 4.39 Å². The summed E-state index contributed by atoms with van der Waals surface area (Å²) < 4.78 is 15.7. The topological polar surface area (TPSA) is 59.3 Å². The molecule has 2 heterocycles. The Kier molecular flexibility index (Phi) is 5.32. The van der Waals surface area contributed by atoms with Crippen molar-refractivity contribution in [3.8, 4) is 0 Å². The number of pyridine rings is 1. The summed E-state index contributed by atoms with van der Waals surface area (Å²) in [6, 6.07) is 8.41. The van der Waals surface area contributed by atoms with Gasteiger partial charge in [0, 0.05) is 34.5 Å². The predicted molar refractivity (Wildman–Crippen MR) is 105 cm³/mol. The second kappa shape index (κ2) is 7.52. The fraction of sp³-hybridized carbons (Fsp3) is 0.250. The first-order chi connectivity index (χ1) is 12.8. The lowest BCUT2D eigenvalue weighted by Crippen LogP contribution is -2.15. The molecule has 2 aromatic heterocycles. The van der Waals surface area contributed by atoms with E-state index >= 15 is 0 Å². The summed E-state index contributed by atoms with van der Waals surface area (Å²) in [7, 11) is 1.55. The average Bonchev–Trinajstić information content (AvgIpc) is 3.05. The molecule has 0 aliphatic rings. The number of hydrogen-bond acceptors (Lipinski definition) is 4. The molecule has 0 spiro atoms. The molecule has 0 saturated heterocycles. The zero-order valence-corrected chi connectivity index (χ0v) is 16.5. The number of fused-ring (bicyclic) bond motifs is 1. The van der Waals surface area contributed by atoms with Crippen molar-refractivity contribution in [3.05, 3.63) is 59.8 Å². The fourth-order valence-electron chi connectivity index (χ4n) is 2.56. The molecule has 0 aliphatic carbocycles. The predicted octanol–water partition coefficient (Wildman–Crippen LogP) is 4.08. The number of benzene rings is 1. The Morgan fingerprint density at radius 1 is 1.22 bits per heavy atom. The van der Waals surface area contributed by atoms with E-state index in [0.717, 1.165) is 21.3 Å². The number of carbonyl (C=O) groups is 1. The van der Waals surface area contributed by atoms with Crippen molar-refractivity contribution in [2.75, 3.05) is 7.05 Å². The molecule has 0 bridgehead atoms. The summed E-state index contributed by atoms with van der Waals surface area (Å²) >= 11 is 1.49. The zero-order chi connectivity index (χ0) is 19.6. The van der Waals surface area contributed by atoms with Gasteiger partial charge < -0.3 is 5.32 Å². The Hall–Kier alpha value is -2.67. The number of amides is 1. The van der Waals surface area contributed by atoms with Gasteiger partial charge in [-0.1, -0.05) is 32.5 Å². The Morgan fingerprint density at radius 2 is 2.00 bits per heavy atom. The Morgan fingerprint density at radius 3 is 2.70 bits per heavy atom. The molecule has 140 valence electrons. The molecule has 27 heavy (non-hydrogen) atoms. The molecule has 0 fully saturated rings. The lowest BCUT2D eigenvalue weighted by molar-refractivity contribution is -0.115. The van der Waals surface area contributed by atoms with Gasteiger partial charge in [0.25, 0.3) is 0 Å². The lowest BCUT2D eigenvalue weighted by Gasteiger charge is -2.16. The van der Waals surface area contributed by atoms with Gasteiger partial charge in [0.1, 0.15) is 11.6 Å². The highest BCUT2D eigenvalue weighted by Crippen LogP contribution is 2.32. The monoisotopic (exact) mass is 384 g/mol. The van der Waals surface area contributed by atoms with Gasteiger partial charge in [-0.05, 0) is 42.0 Å². The van der Waals surface area contributed by atoms with Gasteiger partial charge in [-0.15, -0.1) is 10.2 Å². The Bertz CT molecular complexity index is 1020. The number of aromatic nitrogens is 3. The van der Waals surface area contributed by atoms with E-state index in [0.29, 0.717) is 5.56 Å². The van der Waals surface area contributed by atoms with Crippen LogP contribution in [0, 0.1) is 5.82 Å². The molecule has 1 aromatic carbocycles. The fourth-order valence-corrected chi connectivity index (χ4v) is 3.49. The van der Waals surface area contributed by atoms with E-state index in [1.54, 1.807) is 19.2 Å². The van der Waals surface area contributed by atoms with Crippen molar-refractivity contribution in [3.63, 3.8) is 0 Å². The smallest absolute Gasteiger partial charge is 0.243 e. The molecule has 0 atom stereocenters. The van der Waals surface area contributed by atoms with Crippen molar-refractivity contribution >= 4 is 29.4 Å². The van der Waals surface area contributed by atoms with Crippen LogP contribution in [0.1, 0.15) is 32.2 Å². The number of carbonyl (C=O) groups excluding carboxylic acids is 1. The first-order valence-electron chi connectivity index (χ1n) is 8.50. The van der Waals surface area contributed by atoms with Crippen LogP contribution in [-0.2, 0) is 10.2 Å². The van der Waals surface area contributed by atoms with Crippen LogP contribution in [0.2, 0.25) is 0 Å². The third kappa shape index (κ3) is 4.36. The van der Waals surface area contributed by atoms with Crippen molar-refractivity contribution < 1.29 is 9.18 Å². The third-order valence-electron chi connectivity index (χ3n) is 3.91. The van der Waals surface area contributed by atoms with E-state index in [2.05, 4.69) is 36.3 Å². The largest absolute Gasteiger partial charge is 0.356 e. The van der Waals surface area contributed by atoms with Crippen molar-refractivity contribution in [1.29, 1.82) is 0 Å². The lowest BCUT2D eigenvalue weighted by atomic mass is 9.96. The molecule has 1 N–H and O–H groups in total. The van der Waals surface area contributed by atoms with Crippen molar-refractivity contribution in [2.45, 2.75) is 36.0 Å². The van der Waals surface area contributed by atoms with Crippen LogP contribution in [0.15, 0.2) is 52.4 Å². The number of hydrogen-bond donors (Lipinski definition) is 1. The average molecular weight is 384 g/mol. The van der Waals surface area contributed by atoms with E-state index in [1.165, 1.54) is 30.0 Å². The van der Waals surface area contributed by atoms with Gasteiger partial charge >= 0.3 is 0 Å². The van der Waals surface area contributed by atoms with E-state index in [1.807, 2.05) is 22.7 Å². The maximum Gasteiger partial charge on any atom is 0.243 e. The molecular weight excluding hydrogens is 363 g/mol. The first-order valence-corrected chi connectivity index (χ1v) is 9.32. The summed E-state index contributed by atoms with van der Waals surface area (Å²) in [4.78, 5) is 13.3. The minimum absolute atomic E-state index is 0.139. The van der Waals surface area contributed by atoms with Gasteiger partial charge in [0.05, 0.1) is 0 Å². The van der Waals surface area contributed by atoms with Gasteiger partial charge in [0.15, 0.2) is 5.65 Å². The van der Waals surface area contributed by atoms with Crippen molar-refractivity contribution in [1.82, 2.24) is 19.9 Å².